The van der Waals surface area contributed by atoms with Crippen molar-refractivity contribution in [2.24, 2.45) is 0 Å². The van der Waals surface area contributed by atoms with E-state index in [-0.39, 0.29) is 11.9 Å². The minimum absolute atomic E-state index is 0.0109. The molecule has 132 valence electrons. The Labute approximate surface area is 153 Å². The van der Waals surface area contributed by atoms with Crippen LogP contribution < -0.4 is 5.32 Å². The van der Waals surface area contributed by atoms with Gasteiger partial charge >= 0.3 is 0 Å². The highest BCUT2D eigenvalue weighted by atomic mass is 32.2. The molecule has 0 aliphatic carbocycles. The Morgan fingerprint density at radius 3 is 2.64 bits per heavy atom. The standard InChI is InChI=1S/C20H25N3OS/c24-20(18-5-1-3-15-4-2-10-21-19(15)18)22-16-6-11-23(12-7-16)17-8-13-25-14-9-17/h1-5,10,16-17H,6-9,11-14H2,(H,22,24). The van der Waals surface area contributed by atoms with Crippen molar-refractivity contribution in [1.29, 1.82) is 0 Å². The maximum atomic E-state index is 12.7. The summed E-state index contributed by atoms with van der Waals surface area (Å²) >= 11 is 2.08. The molecule has 1 amide bonds. The van der Waals surface area contributed by atoms with Crippen LogP contribution in [0.5, 0.6) is 0 Å². The average Bonchev–Trinajstić information content (AvgIpc) is 2.69. The van der Waals surface area contributed by atoms with Crippen molar-refractivity contribution < 1.29 is 4.79 Å². The molecule has 0 spiro atoms. The number of hydrogen-bond acceptors (Lipinski definition) is 4. The molecule has 0 bridgehead atoms. The average molecular weight is 356 g/mol. The van der Waals surface area contributed by atoms with E-state index in [9.17, 15) is 4.79 Å². The Hall–Kier alpha value is -1.59. The largest absolute Gasteiger partial charge is 0.349 e. The van der Waals surface area contributed by atoms with Crippen LogP contribution in [-0.2, 0) is 0 Å². The first-order valence-corrected chi connectivity index (χ1v) is 10.4. The lowest BCUT2D eigenvalue weighted by atomic mass is 10.00. The van der Waals surface area contributed by atoms with E-state index in [4.69, 9.17) is 0 Å². The Morgan fingerprint density at radius 2 is 1.84 bits per heavy atom. The summed E-state index contributed by atoms with van der Waals surface area (Å²) < 4.78 is 0. The lowest BCUT2D eigenvalue weighted by Crippen LogP contribution is -2.48. The van der Waals surface area contributed by atoms with Gasteiger partial charge in [-0.25, -0.2) is 0 Å². The number of para-hydroxylation sites is 1. The topological polar surface area (TPSA) is 45.2 Å². The summed E-state index contributed by atoms with van der Waals surface area (Å²) in [7, 11) is 0. The van der Waals surface area contributed by atoms with Crippen molar-refractivity contribution in [2.45, 2.75) is 37.8 Å². The number of carbonyl (C=O) groups excluding carboxylic acids is 1. The number of hydrogen-bond donors (Lipinski definition) is 1. The van der Waals surface area contributed by atoms with E-state index >= 15 is 0 Å². The third kappa shape index (κ3) is 3.82. The van der Waals surface area contributed by atoms with Crippen LogP contribution in [0.25, 0.3) is 10.9 Å². The molecule has 0 atom stereocenters. The van der Waals surface area contributed by atoms with Crippen LogP contribution >= 0.6 is 11.8 Å². The van der Waals surface area contributed by atoms with Gasteiger partial charge in [-0.05, 0) is 49.3 Å². The van der Waals surface area contributed by atoms with Crippen LogP contribution in [0.1, 0.15) is 36.0 Å². The normalized spacial score (nSPS) is 20.6. The fourth-order valence-electron chi connectivity index (χ4n) is 4.01. The highest BCUT2D eigenvalue weighted by Crippen LogP contribution is 2.25. The molecule has 25 heavy (non-hydrogen) atoms. The zero-order chi connectivity index (χ0) is 17.1. The van der Waals surface area contributed by atoms with Crippen molar-refractivity contribution in [3.8, 4) is 0 Å². The van der Waals surface area contributed by atoms with E-state index in [0.29, 0.717) is 5.56 Å². The summed E-state index contributed by atoms with van der Waals surface area (Å²) in [6.07, 6.45) is 6.49. The van der Waals surface area contributed by atoms with Crippen LogP contribution in [0.15, 0.2) is 36.5 Å². The van der Waals surface area contributed by atoms with Crippen LogP contribution in [0.4, 0.5) is 0 Å². The van der Waals surface area contributed by atoms with Crippen LogP contribution in [0.2, 0.25) is 0 Å². The molecule has 2 aromatic rings. The quantitative estimate of drug-likeness (QED) is 0.917. The predicted molar refractivity (Wildman–Crippen MR) is 104 cm³/mol. The number of nitrogens with zero attached hydrogens (tertiary/aromatic N) is 2. The second kappa shape index (κ2) is 7.75. The Kier molecular flexibility index (Phi) is 5.22. The van der Waals surface area contributed by atoms with Gasteiger partial charge in [-0.15, -0.1) is 0 Å². The molecule has 1 N–H and O–H groups in total. The fraction of sp³-hybridized carbons (Fsp3) is 0.500. The summed E-state index contributed by atoms with van der Waals surface area (Å²) in [4.78, 5) is 19.8. The van der Waals surface area contributed by atoms with Crippen molar-refractivity contribution in [3.63, 3.8) is 0 Å². The first-order chi connectivity index (χ1) is 12.3. The number of thioether (sulfide) groups is 1. The van der Waals surface area contributed by atoms with E-state index in [0.717, 1.165) is 42.9 Å². The first kappa shape index (κ1) is 16.9. The third-order valence-corrected chi connectivity index (χ3v) is 6.50. The molecule has 2 fully saturated rings. The van der Waals surface area contributed by atoms with Crippen LogP contribution in [-0.4, -0.2) is 52.5 Å². The Morgan fingerprint density at radius 1 is 1.08 bits per heavy atom. The Balaban J connectivity index is 1.37. The second-order valence-corrected chi connectivity index (χ2v) is 8.23. The number of pyridine rings is 1. The Bertz CT molecular complexity index is 731. The molecule has 0 saturated carbocycles. The number of piperidine rings is 1. The first-order valence-electron chi connectivity index (χ1n) is 9.27. The van der Waals surface area contributed by atoms with Gasteiger partial charge in [0.1, 0.15) is 0 Å². The van der Waals surface area contributed by atoms with Crippen molar-refractivity contribution in [3.05, 3.63) is 42.1 Å². The molecule has 3 heterocycles. The lowest BCUT2D eigenvalue weighted by molar-refractivity contribution is 0.0888. The van der Waals surface area contributed by atoms with Gasteiger partial charge in [-0.1, -0.05) is 18.2 Å². The lowest BCUT2D eigenvalue weighted by Gasteiger charge is -2.39. The van der Waals surface area contributed by atoms with Gasteiger partial charge in [0.15, 0.2) is 0 Å². The van der Waals surface area contributed by atoms with Crippen LogP contribution in [0, 0.1) is 0 Å². The SMILES string of the molecule is O=C(NC1CCN(C2CCSCC2)CC1)c1cccc2cccnc12. The molecule has 2 aliphatic rings. The van der Waals surface area contributed by atoms with Gasteiger partial charge < -0.3 is 10.2 Å². The summed E-state index contributed by atoms with van der Waals surface area (Å²) in [5, 5.41) is 4.26. The van der Waals surface area contributed by atoms with Gasteiger partial charge in [0.05, 0.1) is 11.1 Å². The molecule has 0 unspecified atom stereocenters. The van der Waals surface area contributed by atoms with Crippen molar-refractivity contribution in [1.82, 2.24) is 15.2 Å². The van der Waals surface area contributed by atoms with E-state index < -0.39 is 0 Å². The molecule has 4 nitrogen and oxygen atoms in total. The monoisotopic (exact) mass is 355 g/mol. The van der Waals surface area contributed by atoms with Gasteiger partial charge in [0.2, 0.25) is 0 Å². The van der Waals surface area contributed by atoms with E-state index in [1.54, 1.807) is 6.20 Å². The summed E-state index contributed by atoms with van der Waals surface area (Å²) in [5.74, 6) is 2.61. The minimum atomic E-state index is 0.0109. The highest BCUT2D eigenvalue weighted by molar-refractivity contribution is 7.99. The van der Waals surface area contributed by atoms with E-state index in [1.807, 2.05) is 30.3 Å². The molecule has 1 aromatic heterocycles. The predicted octanol–water partition coefficient (Wildman–Crippen LogP) is 3.32. The molecule has 0 radical (unpaired) electrons. The number of aromatic nitrogens is 1. The highest BCUT2D eigenvalue weighted by Gasteiger charge is 2.27. The summed E-state index contributed by atoms with van der Waals surface area (Å²) in [6, 6.07) is 10.8. The zero-order valence-electron chi connectivity index (χ0n) is 14.5. The molecule has 1 aromatic carbocycles. The number of fused-ring (bicyclic) bond motifs is 1. The number of benzene rings is 1. The molecule has 2 saturated heterocycles. The van der Waals surface area contributed by atoms with Crippen molar-refractivity contribution in [2.75, 3.05) is 24.6 Å². The smallest absolute Gasteiger partial charge is 0.253 e. The maximum absolute atomic E-state index is 12.7. The van der Waals surface area contributed by atoms with Gasteiger partial charge in [-0.3, -0.25) is 9.78 Å². The van der Waals surface area contributed by atoms with Gasteiger partial charge in [-0.2, -0.15) is 11.8 Å². The molecular formula is C20H25N3OS. The molecular weight excluding hydrogens is 330 g/mol. The summed E-state index contributed by atoms with van der Waals surface area (Å²) in [6.45, 7) is 2.21. The molecule has 2 aliphatic heterocycles. The number of amides is 1. The molecule has 4 rings (SSSR count). The van der Waals surface area contributed by atoms with E-state index in [1.165, 1.54) is 24.3 Å². The number of carbonyl (C=O) groups is 1. The van der Waals surface area contributed by atoms with E-state index in [2.05, 4.69) is 27.0 Å². The number of likely N-dealkylation sites (tertiary alicyclic amines) is 1. The number of nitrogens with one attached hydrogen (secondary N) is 1. The van der Waals surface area contributed by atoms with Gasteiger partial charge in [0, 0.05) is 36.8 Å². The molecule has 5 heteroatoms. The van der Waals surface area contributed by atoms with Crippen LogP contribution in [0.3, 0.4) is 0 Å². The van der Waals surface area contributed by atoms with Gasteiger partial charge in [0.25, 0.3) is 5.91 Å². The fourth-order valence-corrected chi connectivity index (χ4v) is 5.09. The minimum Gasteiger partial charge on any atom is -0.349 e. The number of rotatable bonds is 3. The third-order valence-electron chi connectivity index (χ3n) is 5.45. The van der Waals surface area contributed by atoms with Crippen molar-refractivity contribution >= 4 is 28.6 Å². The summed E-state index contributed by atoms with van der Waals surface area (Å²) in [5.41, 5.74) is 1.48. The zero-order valence-corrected chi connectivity index (χ0v) is 15.3. The maximum Gasteiger partial charge on any atom is 0.253 e. The second-order valence-electron chi connectivity index (χ2n) is 7.01.